The predicted molar refractivity (Wildman–Crippen MR) is 43.5 cm³/mol. The molecular formula is C9H7NO3. The number of phenolic OH excluding ortho intramolecular Hbond substituents is 1. The highest BCUT2D eigenvalue weighted by Crippen LogP contribution is 2.40. The molecule has 1 aromatic rings. The van der Waals surface area contributed by atoms with Gasteiger partial charge in [-0.15, -0.1) is 0 Å². The molecule has 1 N–H and O–H groups in total. The molecule has 2 rings (SSSR count). The van der Waals surface area contributed by atoms with E-state index in [0.29, 0.717) is 17.1 Å². The highest BCUT2D eigenvalue weighted by atomic mass is 16.7. The van der Waals surface area contributed by atoms with Crippen LogP contribution < -0.4 is 9.47 Å². The fourth-order valence-corrected chi connectivity index (χ4v) is 1.27. The van der Waals surface area contributed by atoms with Gasteiger partial charge in [-0.1, -0.05) is 0 Å². The van der Waals surface area contributed by atoms with Gasteiger partial charge in [0.2, 0.25) is 6.79 Å². The number of nitrogens with zero attached hydrogens (tertiary/aromatic N) is 1. The average molecular weight is 177 g/mol. The zero-order valence-corrected chi connectivity index (χ0v) is 6.78. The van der Waals surface area contributed by atoms with Crippen molar-refractivity contribution in [3.8, 4) is 23.3 Å². The van der Waals surface area contributed by atoms with Crippen molar-refractivity contribution in [3.05, 3.63) is 17.7 Å². The lowest BCUT2D eigenvalue weighted by atomic mass is 10.1. The van der Waals surface area contributed by atoms with Crippen LogP contribution in [0.15, 0.2) is 12.1 Å². The van der Waals surface area contributed by atoms with Gasteiger partial charge < -0.3 is 14.6 Å². The summed E-state index contributed by atoms with van der Waals surface area (Å²) in [5.74, 6) is 1.15. The molecule has 1 aliphatic rings. The third kappa shape index (κ3) is 1.14. The number of rotatable bonds is 1. The molecule has 0 fully saturated rings. The molecule has 66 valence electrons. The molecule has 1 aromatic carbocycles. The van der Waals surface area contributed by atoms with Crippen LogP contribution in [0.2, 0.25) is 0 Å². The standard InChI is InChI=1S/C9H7NO3/c10-4-3-6-7(11)1-2-8-9(6)13-5-12-8/h1-2,11H,3,5H2. The maximum absolute atomic E-state index is 9.42. The summed E-state index contributed by atoms with van der Waals surface area (Å²) in [7, 11) is 0. The van der Waals surface area contributed by atoms with Gasteiger partial charge in [0.05, 0.1) is 18.1 Å². The molecule has 4 heteroatoms. The normalized spacial score (nSPS) is 12.5. The number of hydrogen-bond donors (Lipinski definition) is 1. The first-order chi connectivity index (χ1) is 6.33. The number of phenols is 1. The van der Waals surface area contributed by atoms with Crippen molar-refractivity contribution in [1.29, 1.82) is 5.26 Å². The largest absolute Gasteiger partial charge is 0.507 e. The van der Waals surface area contributed by atoms with Gasteiger partial charge in [-0.2, -0.15) is 5.26 Å². The van der Waals surface area contributed by atoms with E-state index in [-0.39, 0.29) is 19.0 Å². The lowest BCUT2D eigenvalue weighted by Crippen LogP contribution is -1.94. The second kappa shape index (κ2) is 2.87. The molecule has 0 atom stereocenters. The molecule has 0 amide bonds. The number of nitriles is 1. The zero-order valence-electron chi connectivity index (χ0n) is 6.78. The summed E-state index contributed by atoms with van der Waals surface area (Å²) >= 11 is 0. The molecule has 0 aliphatic carbocycles. The van der Waals surface area contributed by atoms with Crippen LogP contribution in [0.5, 0.6) is 17.2 Å². The van der Waals surface area contributed by atoms with Crippen molar-refractivity contribution < 1.29 is 14.6 Å². The SMILES string of the molecule is N#CCc1c(O)ccc2c1OCO2. The highest BCUT2D eigenvalue weighted by molar-refractivity contribution is 5.55. The maximum Gasteiger partial charge on any atom is 0.231 e. The minimum atomic E-state index is 0.0748. The van der Waals surface area contributed by atoms with E-state index >= 15 is 0 Å². The molecule has 4 nitrogen and oxygen atoms in total. The Morgan fingerprint density at radius 1 is 1.46 bits per heavy atom. The topological polar surface area (TPSA) is 62.5 Å². The molecule has 0 saturated carbocycles. The first-order valence-corrected chi connectivity index (χ1v) is 3.80. The maximum atomic E-state index is 9.42. The quantitative estimate of drug-likeness (QED) is 0.699. The number of hydrogen-bond acceptors (Lipinski definition) is 4. The fourth-order valence-electron chi connectivity index (χ4n) is 1.27. The minimum Gasteiger partial charge on any atom is -0.507 e. The second-order valence-electron chi connectivity index (χ2n) is 2.63. The van der Waals surface area contributed by atoms with E-state index in [2.05, 4.69) is 0 Å². The van der Waals surface area contributed by atoms with Crippen molar-refractivity contribution in [3.63, 3.8) is 0 Å². The zero-order chi connectivity index (χ0) is 9.26. The van der Waals surface area contributed by atoms with Gasteiger partial charge in [-0.25, -0.2) is 0 Å². The smallest absolute Gasteiger partial charge is 0.231 e. The molecule has 0 spiro atoms. The Labute approximate surface area is 74.9 Å². The van der Waals surface area contributed by atoms with E-state index in [1.807, 2.05) is 6.07 Å². The number of ether oxygens (including phenoxy) is 2. The van der Waals surface area contributed by atoms with Gasteiger partial charge in [0.1, 0.15) is 5.75 Å². The summed E-state index contributed by atoms with van der Waals surface area (Å²) in [5, 5.41) is 17.9. The molecule has 1 aliphatic heterocycles. The van der Waals surface area contributed by atoms with Crippen LogP contribution in [0.3, 0.4) is 0 Å². The fraction of sp³-hybridized carbons (Fsp3) is 0.222. The Morgan fingerprint density at radius 3 is 3.08 bits per heavy atom. The Hall–Kier alpha value is -1.89. The highest BCUT2D eigenvalue weighted by Gasteiger charge is 2.20. The monoisotopic (exact) mass is 177 g/mol. The van der Waals surface area contributed by atoms with Gasteiger partial charge in [-0.05, 0) is 12.1 Å². The summed E-state index contributed by atoms with van der Waals surface area (Å²) in [6.07, 6.45) is 0.123. The first-order valence-electron chi connectivity index (χ1n) is 3.80. The van der Waals surface area contributed by atoms with Crippen LogP contribution in [0.1, 0.15) is 5.56 Å². The Morgan fingerprint density at radius 2 is 2.31 bits per heavy atom. The van der Waals surface area contributed by atoms with E-state index in [4.69, 9.17) is 14.7 Å². The van der Waals surface area contributed by atoms with Crippen molar-refractivity contribution in [2.45, 2.75) is 6.42 Å². The molecule has 13 heavy (non-hydrogen) atoms. The molecule has 0 aromatic heterocycles. The molecule has 0 radical (unpaired) electrons. The Bertz CT molecular complexity index is 381. The van der Waals surface area contributed by atoms with E-state index in [1.165, 1.54) is 6.07 Å². The number of benzene rings is 1. The van der Waals surface area contributed by atoms with E-state index in [0.717, 1.165) is 0 Å². The van der Waals surface area contributed by atoms with Crippen molar-refractivity contribution >= 4 is 0 Å². The lowest BCUT2D eigenvalue weighted by Gasteiger charge is -2.03. The van der Waals surface area contributed by atoms with Crippen LogP contribution in [0.25, 0.3) is 0 Å². The Kier molecular flexibility index (Phi) is 1.71. The molecule has 1 heterocycles. The molecular weight excluding hydrogens is 170 g/mol. The van der Waals surface area contributed by atoms with Crippen LogP contribution >= 0.6 is 0 Å². The summed E-state index contributed by atoms with van der Waals surface area (Å²) < 4.78 is 10.2. The van der Waals surface area contributed by atoms with E-state index in [9.17, 15) is 5.11 Å². The van der Waals surface area contributed by atoms with Crippen LogP contribution in [0.4, 0.5) is 0 Å². The van der Waals surface area contributed by atoms with Gasteiger partial charge in [0.25, 0.3) is 0 Å². The molecule has 0 unspecified atom stereocenters. The van der Waals surface area contributed by atoms with Gasteiger partial charge in [-0.3, -0.25) is 0 Å². The first kappa shape index (κ1) is 7.74. The van der Waals surface area contributed by atoms with E-state index < -0.39 is 0 Å². The molecule has 0 bridgehead atoms. The summed E-state index contributed by atoms with van der Waals surface area (Å²) in [6.45, 7) is 0.150. The van der Waals surface area contributed by atoms with Crippen LogP contribution in [-0.4, -0.2) is 11.9 Å². The third-order valence-electron chi connectivity index (χ3n) is 1.87. The van der Waals surface area contributed by atoms with Crippen molar-refractivity contribution in [2.75, 3.05) is 6.79 Å². The third-order valence-corrected chi connectivity index (χ3v) is 1.87. The number of aromatic hydroxyl groups is 1. The van der Waals surface area contributed by atoms with Crippen molar-refractivity contribution in [2.24, 2.45) is 0 Å². The van der Waals surface area contributed by atoms with Gasteiger partial charge in [0, 0.05) is 0 Å². The van der Waals surface area contributed by atoms with Gasteiger partial charge >= 0.3 is 0 Å². The lowest BCUT2D eigenvalue weighted by molar-refractivity contribution is 0.173. The predicted octanol–water partition coefficient (Wildman–Crippen LogP) is 1.19. The van der Waals surface area contributed by atoms with Crippen molar-refractivity contribution in [1.82, 2.24) is 0 Å². The minimum absolute atomic E-state index is 0.0748. The second-order valence-corrected chi connectivity index (χ2v) is 2.63. The Balaban J connectivity index is 2.53. The van der Waals surface area contributed by atoms with Gasteiger partial charge in [0.15, 0.2) is 11.5 Å². The average Bonchev–Trinajstić information content (AvgIpc) is 2.58. The summed E-state index contributed by atoms with van der Waals surface area (Å²) in [6, 6.07) is 5.08. The van der Waals surface area contributed by atoms with Crippen LogP contribution in [0, 0.1) is 11.3 Å². The summed E-state index contributed by atoms with van der Waals surface area (Å²) in [5.41, 5.74) is 0.498. The van der Waals surface area contributed by atoms with Crippen LogP contribution in [-0.2, 0) is 6.42 Å². The molecule has 0 saturated heterocycles. The summed E-state index contributed by atoms with van der Waals surface area (Å²) in [4.78, 5) is 0. The number of fused-ring (bicyclic) bond motifs is 1. The van der Waals surface area contributed by atoms with E-state index in [1.54, 1.807) is 6.07 Å².